The van der Waals surface area contributed by atoms with Crippen molar-refractivity contribution in [2.75, 3.05) is 9.80 Å². The van der Waals surface area contributed by atoms with Crippen molar-refractivity contribution >= 4 is 55.7 Å². The largest absolute Gasteiger partial charge is 0.310 e. The van der Waals surface area contributed by atoms with Crippen LogP contribution < -0.4 is 9.80 Å². The summed E-state index contributed by atoms with van der Waals surface area (Å²) in [4.78, 5) is 4.85. The summed E-state index contributed by atoms with van der Waals surface area (Å²) in [5.41, 5.74) is 17.0. The molecule has 0 N–H and O–H groups in total. The number of hydrogen-bond donors (Lipinski definition) is 0. The van der Waals surface area contributed by atoms with Crippen molar-refractivity contribution in [1.29, 1.82) is 0 Å². The fourth-order valence-electron chi connectivity index (χ4n) is 9.45. The third-order valence-corrected chi connectivity index (χ3v) is 13.3. The van der Waals surface area contributed by atoms with Gasteiger partial charge in [0.2, 0.25) is 0 Å². The molecular weight excluding hydrogens is 845 g/mol. The van der Waals surface area contributed by atoms with Gasteiger partial charge in [0.05, 0.1) is 0 Å². The molecule has 70 heavy (non-hydrogen) atoms. The number of rotatable bonds is 10. The minimum absolute atomic E-state index is 0.0525. The summed E-state index contributed by atoms with van der Waals surface area (Å²) in [5.74, 6) is 1.73. The summed E-state index contributed by atoms with van der Waals surface area (Å²) in [6.07, 6.45) is 0. The van der Waals surface area contributed by atoms with Gasteiger partial charge >= 0.3 is 0 Å². The lowest BCUT2D eigenvalue weighted by molar-refractivity contribution is 0.590. The van der Waals surface area contributed by atoms with Gasteiger partial charge in [-0.05, 0) is 167 Å². The van der Waals surface area contributed by atoms with Crippen LogP contribution in [0.5, 0.6) is 0 Å². The second-order valence-electron chi connectivity index (χ2n) is 22.4. The first-order valence-corrected chi connectivity index (χ1v) is 25.5. The van der Waals surface area contributed by atoms with Crippen LogP contribution in [0.4, 0.5) is 34.1 Å². The Kier molecular flexibility index (Phi) is 14.6. The Morgan fingerprint density at radius 2 is 0.571 bits per heavy atom. The molecular formula is C68H74N2. The van der Waals surface area contributed by atoms with E-state index >= 15 is 0 Å². The Morgan fingerprint density at radius 3 is 0.843 bits per heavy atom. The van der Waals surface area contributed by atoms with E-state index in [1.54, 1.807) is 0 Å². The molecule has 0 aliphatic carbocycles. The molecule has 0 bridgehead atoms. The van der Waals surface area contributed by atoms with E-state index in [0.29, 0.717) is 11.8 Å². The Balaban J connectivity index is 0.00000159. The van der Waals surface area contributed by atoms with Crippen molar-refractivity contribution < 1.29 is 0 Å². The van der Waals surface area contributed by atoms with E-state index in [-0.39, 0.29) is 10.8 Å². The summed E-state index contributed by atoms with van der Waals surface area (Å²) in [5, 5.41) is 4.86. The maximum absolute atomic E-state index is 2.44. The van der Waals surface area contributed by atoms with Gasteiger partial charge in [0.25, 0.3) is 0 Å². The van der Waals surface area contributed by atoms with Crippen LogP contribution in [0.25, 0.3) is 43.8 Å². The molecule has 0 saturated heterocycles. The molecule has 0 radical (unpaired) electrons. The molecule has 9 rings (SSSR count). The van der Waals surface area contributed by atoms with Gasteiger partial charge in [-0.2, -0.15) is 0 Å². The second-order valence-corrected chi connectivity index (χ2v) is 22.4. The van der Waals surface area contributed by atoms with Crippen LogP contribution in [0, 0.1) is 5.92 Å². The first kappa shape index (κ1) is 49.5. The van der Waals surface area contributed by atoms with Crippen LogP contribution in [0.1, 0.15) is 124 Å². The van der Waals surface area contributed by atoms with E-state index in [0.717, 1.165) is 40.0 Å². The van der Waals surface area contributed by atoms with Gasteiger partial charge in [0, 0.05) is 34.1 Å². The number of fused-ring (bicyclic) bond motifs is 2. The molecule has 356 valence electrons. The molecule has 0 aromatic heterocycles. The van der Waals surface area contributed by atoms with Crippen molar-refractivity contribution in [2.24, 2.45) is 5.92 Å². The minimum atomic E-state index is 0.0525. The van der Waals surface area contributed by atoms with Crippen LogP contribution in [0.3, 0.4) is 0 Å². The van der Waals surface area contributed by atoms with Crippen LogP contribution in [-0.4, -0.2) is 0 Å². The fraction of sp³-hybridized carbons (Fsp3) is 0.265. The quantitative estimate of drug-likeness (QED) is 0.126. The molecule has 2 nitrogen and oxygen atoms in total. The molecule has 0 heterocycles. The summed E-state index contributed by atoms with van der Waals surface area (Å²) in [6.45, 7) is 29.2. The van der Waals surface area contributed by atoms with Crippen molar-refractivity contribution in [1.82, 2.24) is 0 Å². The fourth-order valence-corrected chi connectivity index (χ4v) is 9.45. The van der Waals surface area contributed by atoms with E-state index in [2.05, 4.69) is 294 Å². The standard InChI is InChI=1S/C64H64N2.C4H10/c1-43(2)45-21-29-51(30-22-45)65(53-33-25-49(26-34-53)63(5,6)7)55-37-39-57-59(41-55)61(47-17-13-11-14-18-47)58-40-38-56(42-60(58)62(57)48-19-15-12-16-20-48)66(52-31-23-46(24-32-52)44(3)4)54-35-27-50(28-36-54)64(8,9)10;1-4(2)3/h11-44H,1-10H3;4H,1-3H3. The lowest BCUT2D eigenvalue weighted by atomic mass is 9.85. The molecule has 0 unspecified atom stereocenters. The lowest BCUT2D eigenvalue weighted by Crippen LogP contribution is -2.13. The molecule has 0 atom stereocenters. The molecule has 0 amide bonds. The molecule has 0 spiro atoms. The van der Waals surface area contributed by atoms with Crippen LogP contribution in [-0.2, 0) is 10.8 Å². The predicted octanol–water partition coefficient (Wildman–Crippen LogP) is 20.8. The topological polar surface area (TPSA) is 6.48 Å². The normalized spacial score (nSPS) is 11.9. The van der Waals surface area contributed by atoms with Gasteiger partial charge in [-0.1, -0.05) is 211 Å². The molecule has 0 fully saturated rings. The third kappa shape index (κ3) is 10.8. The van der Waals surface area contributed by atoms with Crippen molar-refractivity contribution in [3.63, 3.8) is 0 Å². The smallest absolute Gasteiger partial charge is 0.0468 e. The number of hydrogen-bond acceptors (Lipinski definition) is 2. The maximum atomic E-state index is 2.44. The zero-order chi connectivity index (χ0) is 49.9. The SMILES string of the molecule is CC(C)C.CC(C)c1ccc(N(c2ccc(C(C)(C)C)cc2)c2ccc3c(-c4ccccc4)c4cc(N(c5ccc(C(C)C)cc5)c5ccc(C(C)(C)C)cc5)ccc4c(-c4ccccc4)c3c2)cc1. The van der Waals surface area contributed by atoms with Crippen LogP contribution >= 0.6 is 0 Å². The predicted molar refractivity (Wildman–Crippen MR) is 308 cm³/mol. The van der Waals surface area contributed by atoms with Crippen molar-refractivity contribution in [3.8, 4) is 22.3 Å². The highest BCUT2D eigenvalue weighted by Gasteiger charge is 2.24. The maximum Gasteiger partial charge on any atom is 0.0468 e. The molecule has 9 aromatic rings. The highest BCUT2D eigenvalue weighted by Crippen LogP contribution is 2.48. The van der Waals surface area contributed by atoms with Crippen molar-refractivity contribution in [2.45, 2.75) is 113 Å². The van der Waals surface area contributed by atoms with Gasteiger partial charge in [0.1, 0.15) is 0 Å². The van der Waals surface area contributed by atoms with Crippen LogP contribution in [0.2, 0.25) is 0 Å². The Hall–Kier alpha value is -6.90. The molecule has 0 aliphatic rings. The first-order chi connectivity index (χ1) is 33.4. The Morgan fingerprint density at radius 1 is 0.300 bits per heavy atom. The molecule has 0 aliphatic heterocycles. The van der Waals surface area contributed by atoms with E-state index in [1.807, 2.05) is 0 Å². The van der Waals surface area contributed by atoms with E-state index < -0.39 is 0 Å². The van der Waals surface area contributed by atoms with Crippen LogP contribution in [0.15, 0.2) is 194 Å². The van der Waals surface area contributed by atoms with Gasteiger partial charge in [-0.15, -0.1) is 0 Å². The molecule has 0 saturated carbocycles. The minimum Gasteiger partial charge on any atom is -0.310 e. The molecule has 9 aromatic carbocycles. The summed E-state index contributed by atoms with van der Waals surface area (Å²) in [7, 11) is 0. The average Bonchev–Trinajstić information content (AvgIpc) is 3.34. The van der Waals surface area contributed by atoms with E-state index in [9.17, 15) is 0 Å². The van der Waals surface area contributed by atoms with E-state index in [1.165, 1.54) is 66.1 Å². The monoisotopic (exact) mass is 919 g/mol. The van der Waals surface area contributed by atoms with Crippen molar-refractivity contribution in [3.05, 3.63) is 216 Å². The summed E-state index contributed by atoms with van der Waals surface area (Å²) in [6, 6.07) is 72.8. The summed E-state index contributed by atoms with van der Waals surface area (Å²) >= 11 is 0. The van der Waals surface area contributed by atoms with E-state index in [4.69, 9.17) is 0 Å². The Bertz CT molecular complexity index is 2930. The lowest BCUT2D eigenvalue weighted by Gasteiger charge is -2.29. The third-order valence-electron chi connectivity index (χ3n) is 13.3. The first-order valence-electron chi connectivity index (χ1n) is 25.5. The average molecular weight is 919 g/mol. The molecule has 2 heteroatoms. The number of nitrogens with zero attached hydrogens (tertiary/aromatic N) is 2. The second kappa shape index (κ2) is 20.6. The highest BCUT2D eigenvalue weighted by atomic mass is 15.1. The number of benzene rings is 9. The van der Waals surface area contributed by atoms with Gasteiger partial charge in [0.15, 0.2) is 0 Å². The number of anilines is 6. The zero-order valence-corrected chi connectivity index (χ0v) is 44.1. The zero-order valence-electron chi connectivity index (χ0n) is 44.1. The Labute approximate surface area is 420 Å². The van der Waals surface area contributed by atoms with Gasteiger partial charge in [-0.3, -0.25) is 0 Å². The van der Waals surface area contributed by atoms with Gasteiger partial charge < -0.3 is 9.80 Å². The van der Waals surface area contributed by atoms with Gasteiger partial charge in [-0.25, -0.2) is 0 Å². The highest BCUT2D eigenvalue weighted by molar-refractivity contribution is 6.22. The summed E-state index contributed by atoms with van der Waals surface area (Å²) < 4.78 is 0.